The second-order valence-corrected chi connectivity index (χ2v) is 6.88. The molecule has 1 saturated heterocycles. The summed E-state index contributed by atoms with van der Waals surface area (Å²) in [7, 11) is 0. The number of ether oxygens (including phenoxy) is 1. The Labute approximate surface area is 135 Å². The average Bonchev–Trinajstić information content (AvgIpc) is 2.43. The lowest BCUT2D eigenvalue weighted by Crippen LogP contribution is -2.47. The van der Waals surface area contributed by atoms with Gasteiger partial charge >= 0.3 is 5.97 Å². The summed E-state index contributed by atoms with van der Waals surface area (Å²) in [5.41, 5.74) is 0.587. The normalized spacial score (nSPS) is 24.6. The van der Waals surface area contributed by atoms with Crippen molar-refractivity contribution < 1.29 is 9.53 Å². The third-order valence-corrected chi connectivity index (χ3v) is 4.94. The van der Waals surface area contributed by atoms with Crippen LogP contribution in [0.3, 0.4) is 0 Å². The number of halogens is 1. The highest BCUT2D eigenvalue weighted by molar-refractivity contribution is 9.10. The molecule has 0 N–H and O–H groups in total. The van der Waals surface area contributed by atoms with Crippen LogP contribution in [-0.2, 0) is 4.74 Å². The van der Waals surface area contributed by atoms with Crippen molar-refractivity contribution in [2.75, 3.05) is 6.54 Å². The first-order chi connectivity index (χ1) is 9.99. The van der Waals surface area contributed by atoms with Crippen molar-refractivity contribution in [3.63, 3.8) is 0 Å². The van der Waals surface area contributed by atoms with Crippen LogP contribution < -0.4 is 0 Å². The van der Waals surface area contributed by atoms with Gasteiger partial charge in [-0.25, -0.2) is 4.79 Å². The molecule has 1 fully saturated rings. The van der Waals surface area contributed by atoms with E-state index in [4.69, 9.17) is 4.74 Å². The van der Waals surface area contributed by atoms with Crippen LogP contribution in [0.15, 0.2) is 28.7 Å². The van der Waals surface area contributed by atoms with Crippen LogP contribution in [0.5, 0.6) is 0 Å². The molecule has 0 radical (unpaired) electrons. The SMILES string of the molecule is C[C@H](CN1[C@@H](C)CCC[C@@H]1C)OC(=O)c1ccccc1Br. The quantitative estimate of drug-likeness (QED) is 0.757. The maximum absolute atomic E-state index is 12.2. The van der Waals surface area contributed by atoms with Crippen LogP contribution in [0.1, 0.15) is 50.4 Å². The Morgan fingerprint density at radius 3 is 2.57 bits per heavy atom. The summed E-state index contributed by atoms with van der Waals surface area (Å²) >= 11 is 3.39. The molecule has 1 aliphatic heterocycles. The van der Waals surface area contributed by atoms with Crippen molar-refractivity contribution in [1.82, 2.24) is 4.90 Å². The van der Waals surface area contributed by atoms with E-state index < -0.39 is 0 Å². The molecule has 0 amide bonds. The Morgan fingerprint density at radius 1 is 1.33 bits per heavy atom. The molecule has 21 heavy (non-hydrogen) atoms. The molecule has 116 valence electrons. The van der Waals surface area contributed by atoms with E-state index in [9.17, 15) is 4.79 Å². The van der Waals surface area contributed by atoms with Gasteiger partial charge < -0.3 is 4.74 Å². The highest BCUT2D eigenvalue weighted by atomic mass is 79.9. The number of hydrogen-bond acceptors (Lipinski definition) is 3. The molecule has 3 atom stereocenters. The van der Waals surface area contributed by atoms with Crippen molar-refractivity contribution in [3.05, 3.63) is 34.3 Å². The van der Waals surface area contributed by atoms with Crippen LogP contribution in [0.4, 0.5) is 0 Å². The predicted octanol–water partition coefficient (Wildman–Crippen LogP) is 4.26. The van der Waals surface area contributed by atoms with Gasteiger partial charge in [-0.1, -0.05) is 18.6 Å². The lowest BCUT2D eigenvalue weighted by atomic mass is 9.97. The minimum Gasteiger partial charge on any atom is -0.458 e. The van der Waals surface area contributed by atoms with E-state index in [1.54, 1.807) is 6.07 Å². The van der Waals surface area contributed by atoms with Gasteiger partial charge in [0.2, 0.25) is 0 Å². The van der Waals surface area contributed by atoms with Gasteiger partial charge in [-0.2, -0.15) is 0 Å². The van der Waals surface area contributed by atoms with Gasteiger partial charge in [0, 0.05) is 23.1 Å². The summed E-state index contributed by atoms with van der Waals surface area (Å²) in [6.07, 6.45) is 3.65. The Bertz CT molecular complexity index is 481. The van der Waals surface area contributed by atoms with Crippen molar-refractivity contribution in [1.29, 1.82) is 0 Å². The van der Waals surface area contributed by atoms with Crippen molar-refractivity contribution >= 4 is 21.9 Å². The Hall–Kier alpha value is -0.870. The number of esters is 1. The van der Waals surface area contributed by atoms with Crippen LogP contribution in [0.25, 0.3) is 0 Å². The minimum absolute atomic E-state index is 0.104. The monoisotopic (exact) mass is 353 g/mol. The number of carbonyl (C=O) groups is 1. The van der Waals surface area contributed by atoms with Crippen LogP contribution in [0.2, 0.25) is 0 Å². The van der Waals surface area contributed by atoms with Gasteiger partial charge in [0.1, 0.15) is 6.10 Å². The average molecular weight is 354 g/mol. The van der Waals surface area contributed by atoms with Gasteiger partial charge in [-0.3, -0.25) is 4.90 Å². The molecule has 3 nitrogen and oxygen atoms in total. The number of piperidine rings is 1. The van der Waals surface area contributed by atoms with Gasteiger partial charge in [0.15, 0.2) is 0 Å². The lowest BCUT2D eigenvalue weighted by molar-refractivity contribution is 0.00804. The third kappa shape index (κ3) is 4.30. The molecule has 0 unspecified atom stereocenters. The smallest absolute Gasteiger partial charge is 0.339 e. The van der Waals surface area contributed by atoms with Gasteiger partial charge in [0.05, 0.1) is 5.56 Å². The van der Waals surface area contributed by atoms with Crippen molar-refractivity contribution in [2.24, 2.45) is 0 Å². The fourth-order valence-corrected chi connectivity index (χ4v) is 3.49. The molecule has 0 aliphatic carbocycles. The fraction of sp³-hybridized carbons (Fsp3) is 0.588. The van der Waals surface area contributed by atoms with Crippen molar-refractivity contribution in [3.8, 4) is 0 Å². The molecule has 1 heterocycles. The minimum atomic E-state index is -0.257. The van der Waals surface area contributed by atoms with Crippen LogP contribution in [-0.4, -0.2) is 35.6 Å². The fourth-order valence-electron chi connectivity index (χ4n) is 3.04. The van der Waals surface area contributed by atoms with Crippen LogP contribution in [0, 0.1) is 0 Å². The summed E-state index contributed by atoms with van der Waals surface area (Å²) in [6, 6.07) is 8.51. The Kier molecular flexibility index (Phi) is 5.82. The van der Waals surface area contributed by atoms with E-state index >= 15 is 0 Å². The second kappa shape index (κ2) is 7.41. The summed E-state index contributed by atoms with van der Waals surface area (Å²) < 4.78 is 6.39. The summed E-state index contributed by atoms with van der Waals surface area (Å²) in [5.74, 6) is -0.257. The second-order valence-electron chi connectivity index (χ2n) is 6.02. The molecular formula is C17H24BrNO2. The topological polar surface area (TPSA) is 29.5 Å². The number of hydrogen-bond donors (Lipinski definition) is 0. The first-order valence-electron chi connectivity index (χ1n) is 7.70. The molecule has 0 aromatic heterocycles. The van der Waals surface area contributed by atoms with E-state index in [-0.39, 0.29) is 12.1 Å². The summed E-state index contributed by atoms with van der Waals surface area (Å²) in [6.45, 7) is 7.30. The number of carbonyl (C=O) groups excluding carboxylic acids is 1. The van der Waals surface area contributed by atoms with E-state index in [2.05, 4.69) is 34.7 Å². The summed E-state index contributed by atoms with van der Waals surface area (Å²) in [4.78, 5) is 14.7. The molecule has 1 aliphatic rings. The third-order valence-electron chi connectivity index (χ3n) is 4.25. The highest BCUT2D eigenvalue weighted by Gasteiger charge is 2.27. The van der Waals surface area contributed by atoms with Crippen molar-refractivity contribution in [2.45, 2.75) is 58.2 Å². The van der Waals surface area contributed by atoms with Crippen LogP contribution >= 0.6 is 15.9 Å². The first kappa shape index (κ1) is 16.5. The molecule has 2 rings (SSSR count). The summed E-state index contributed by atoms with van der Waals surface area (Å²) in [5, 5.41) is 0. The maximum Gasteiger partial charge on any atom is 0.339 e. The maximum atomic E-state index is 12.2. The Balaban J connectivity index is 1.93. The van der Waals surface area contributed by atoms with E-state index in [0.29, 0.717) is 17.6 Å². The van der Waals surface area contributed by atoms with Gasteiger partial charge in [-0.05, 0) is 61.7 Å². The predicted molar refractivity (Wildman–Crippen MR) is 88.5 cm³/mol. The standard InChI is InChI=1S/C17H24BrNO2/c1-12-7-6-8-13(2)19(12)11-14(3)21-17(20)15-9-4-5-10-16(15)18/h4-5,9-10,12-14H,6-8,11H2,1-3H3/t12-,13-,14+/m0/s1. The number of likely N-dealkylation sites (tertiary alicyclic amines) is 1. The van der Waals surface area contributed by atoms with E-state index in [1.807, 2.05) is 25.1 Å². The zero-order valence-electron chi connectivity index (χ0n) is 13.0. The number of nitrogens with zero attached hydrogens (tertiary/aromatic N) is 1. The number of benzene rings is 1. The first-order valence-corrected chi connectivity index (χ1v) is 8.49. The molecule has 4 heteroatoms. The molecule has 0 bridgehead atoms. The highest BCUT2D eigenvalue weighted by Crippen LogP contribution is 2.23. The molecular weight excluding hydrogens is 330 g/mol. The van der Waals surface area contributed by atoms with Gasteiger partial charge in [-0.15, -0.1) is 0 Å². The molecule has 1 aromatic carbocycles. The zero-order chi connectivity index (χ0) is 15.4. The van der Waals surface area contributed by atoms with E-state index in [0.717, 1.165) is 11.0 Å². The molecule has 0 saturated carbocycles. The zero-order valence-corrected chi connectivity index (χ0v) is 14.6. The lowest BCUT2D eigenvalue weighted by Gasteiger charge is -2.40. The number of rotatable bonds is 4. The van der Waals surface area contributed by atoms with Gasteiger partial charge in [0.25, 0.3) is 0 Å². The largest absolute Gasteiger partial charge is 0.458 e. The van der Waals surface area contributed by atoms with E-state index in [1.165, 1.54) is 19.3 Å². The Morgan fingerprint density at radius 2 is 1.95 bits per heavy atom. The molecule has 1 aromatic rings. The molecule has 0 spiro atoms.